The van der Waals surface area contributed by atoms with E-state index >= 15 is 0 Å². The number of allylic oxidation sites excluding steroid dienone is 5. The molecular formula is C57H101NO3. The Morgan fingerprint density at radius 3 is 2.18 bits per heavy atom. The minimum Gasteiger partial charge on any atom is -0.379 e. The molecule has 0 spiro atoms. The van der Waals surface area contributed by atoms with Gasteiger partial charge in [0.1, 0.15) is 0 Å². The van der Waals surface area contributed by atoms with Gasteiger partial charge in [0.05, 0.1) is 32.0 Å². The molecule has 4 aliphatic carbocycles. The molecule has 0 aromatic carbocycles. The molecule has 1 unspecified atom stereocenters. The van der Waals surface area contributed by atoms with Crippen molar-refractivity contribution in [2.45, 2.75) is 234 Å². The Hall–Kier alpha value is -0.940. The predicted octanol–water partition coefficient (Wildman–Crippen LogP) is 15.9. The quantitative estimate of drug-likeness (QED) is 0.0514. The third-order valence-corrected chi connectivity index (χ3v) is 17.3. The fraction of sp³-hybridized carbons (Fsp3) is 0.895. The van der Waals surface area contributed by atoms with Gasteiger partial charge in [0.25, 0.3) is 0 Å². The molecule has 9 atom stereocenters. The van der Waals surface area contributed by atoms with E-state index in [1.165, 1.54) is 180 Å². The molecule has 0 bridgehead atoms. The van der Waals surface area contributed by atoms with Crippen LogP contribution in [0.25, 0.3) is 0 Å². The van der Waals surface area contributed by atoms with E-state index in [0.717, 1.165) is 68.1 Å². The summed E-state index contributed by atoms with van der Waals surface area (Å²) in [6.45, 7) is 21.5. The van der Waals surface area contributed by atoms with Crippen molar-refractivity contribution >= 4 is 0 Å². The van der Waals surface area contributed by atoms with E-state index in [0.29, 0.717) is 30.1 Å². The Bertz CT molecular complexity index is 1250. The van der Waals surface area contributed by atoms with Crippen molar-refractivity contribution < 1.29 is 14.2 Å². The Morgan fingerprint density at radius 1 is 0.721 bits per heavy atom. The minimum atomic E-state index is 0.145. The number of hydrogen-bond donors (Lipinski definition) is 0. The molecule has 4 fully saturated rings. The highest BCUT2D eigenvalue weighted by molar-refractivity contribution is 5.25. The van der Waals surface area contributed by atoms with Crippen molar-refractivity contribution in [2.24, 2.45) is 46.3 Å². The van der Waals surface area contributed by atoms with E-state index in [1.54, 1.807) is 5.57 Å². The zero-order valence-corrected chi connectivity index (χ0v) is 41.4. The van der Waals surface area contributed by atoms with E-state index in [-0.39, 0.29) is 6.10 Å². The summed E-state index contributed by atoms with van der Waals surface area (Å²) in [6.07, 6.45) is 50.1. The molecule has 1 saturated heterocycles. The summed E-state index contributed by atoms with van der Waals surface area (Å²) in [5, 5.41) is 0. The first-order valence-electron chi connectivity index (χ1n) is 27.3. The van der Waals surface area contributed by atoms with E-state index in [1.807, 2.05) is 0 Å². The van der Waals surface area contributed by atoms with Crippen molar-refractivity contribution in [1.29, 1.82) is 0 Å². The zero-order chi connectivity index (χ0) is 43.2. The topological polar surface area (TPSA) is 30.9 Å². The molecule has 61 heavy (non-hydrogen) atoms. The summed E-state index contributed by atoms with van der Waals surface area (Å²) in [6, 6.07) is 0. The third-order valence-electron chi connectivity index (χ3n) is 17.3. The van der Waals surface area contributed by atoms with Crippen LogP contribution in [0.1, 0.15) is 221 Å². The lowest BCUT2D eigenvalue weighted by Crippen LogP contribution is -2.51. The highest BCUT2D eigenvalue weighted by atomic mass is 16.6. The maximum Gasteiger partial charge on any atom is 0.0936 e. The van der Waals surface area contributed by atoms with Crippen LogP contribution in [0, 0.1) is 46.3 Å². The molecule has 5 rings (SSSR count). The number of unbranched alkanes of at least 4 members (excludes halogenated alkanes) is 11. The highest BCUT2D eigenvalue weighted by Gasteiger charge is 2.59. The lowest BCUT2D eigenvalue weighted by Gasteiger charge is -2.58. The Morgan fingerprint density at radius 2 is 1.44 bits per heavy atom. The maximum atomic E-state index is 6.65. The van der Waals surface area contributed by atoms with Crippen LogP contribution in [0.5, 0.6) is 0 Å². The Balaban J connectivity index is 0.937. The first-order chi connectivity index (χ1) is 29.7. The predicted molar refractivity (Wildman–Crippen MR) is 262 cm³/mol. The van der Waals surface area contributed by atoms with Gasteiger partial charge in [-0.25, -0.2) is 0 Å². The van der Waals surface area contributed by atoms with Crippen LogP contribution in [0.4, 0.5) is 0 Å². The smallest absolute Gasteiger partial charge is 0.0936 e. The van der Waals surface area contributed by atoms with Gasteiger partial charge in [-0.3, -0.25) is 0 Å². The van der Waals surface area contributed by atoms with Gasteiger partial charge in [-0.15, -0.1) is 0 Å². The molecule has 4 heteroatoms. The average Bonchev–Trinajstić information content (AvgIpc) is 3.62. The molecule has 0 aromatic rings. The summed E-state index contributed by atoms with van der Waals surface area (Å²) >= 11 is 0. The SMILES string of the molecule is CCCCC/C=C\C/C=C\CCCCCCCCCCOCC(CN1CCCCC1)OCCO[C@H]1CC[C@@]2(C)C(=CC[C@H]3[C@@H]4CC[C@H]([C@H](C)CCCC(C)C)[C@@]4(C)CC[C@@H]32)C1. The molecule has 0 amide bonds. The van der Waals surface area contributed by atoms with Gasteiger partial charge in [0.2, 0.25) is 0 Å². The number of rotatable bonds is 31. The van der Waals surface area contributed by atoms with Crippen LogP contribution in [0.3, 0.4) is 0 Å². The van der Waals surface area contributed by atoms with Crippen LogP contribution in [-0.2, 0) is 14.2 Å². The van der Waals surface area contributed by atoms with Crippen molar-refractivity contribution in [1.82, 2.24) is 4.90 Å². The molecule has 5 aliphatic rings. The Labute approximate surface area is 379 Å². The second-order valence-corrected chi connectivity index (χ2v) is 22.2. The van der Waals surface area contributed by atoms with Gasteiger partial charge in [0.15, 0.2) is 0 Å². The lowest BCUT2D eigenvalue weighted by atomic mass is 9.47. The third kappa shape index (κ3) is 16.5. The molecule has 0 aromatic heterocycles. The van der Waals surface area contributed by atoms with Crippen molar-refractivity contribution in [3.05, 3.63) is 36.0 Å². The lowest BCUT2D eigenvalue weighted by molar-refractivity contribution is -0.0803. The number of fused-ring (bicyclic) bond motifs is 5. The van der Waals surface area contributed by atoms with Gasteiger partial charge < -0.3 is 19.1 Å². The molecule has 1 aliphatic heterocycles. The van der Waals surface area contributed by atoms with Crippen LogP contribution < -0.4 is 0 Å². The van der Waals surface area contributed by atoms with E-state index in [9.17, 15) is 0 Å². The van der Waals surface area contributed by atoms with Gasteiger partial charge in [-0.05, 0) is 162 Å². The number of hydrogen-bond acceptors (Lipinski definition) is 4. The Kier molecular flexibility index (Phi) is 23.6. The fourth-order valence-corrected chi connectivity index (χ4v) is 13.6. The highest BCUT2D eigenvalue weighted by Crippen LogP contribution is 2.67. The number of piperidine rings is 1. The average molecular weight is 848 g/mol. The van der Waals surface area contributed by atoms with E-state index in [2.05, 4.69) is 76.8 Å². The molecule has 0 radical (unpaired) electrons. The van der Waals surface area contributed by atoms with Crippen LogP contribution in [0.15, 0.2) is 36.0 Å². The number of nitrogens with zero attached hydrogens (tertiary/aromatic N) is 1. The summed E-state index contributed by atoms with van der Waals surface area (Å²) in [5.41, 5.74) is 2.71. The largest absolute Gasteiger partial charge is 0.379 e. The summed E-state index contributed by atoms with van der Waals surface area (Å²) in [5.74, 6) is 5.39. The molecule has 0 N–H and O–H groups in total. The van der Waals surface area contributed by atoms with Crippen LogP contribution in [0.2, 0.25) is 0 Å². The number of ether oxygens (including phenoxy) is 3. The van der Waals surface area contributed by atoms with Crippen LogP contribution in [-0.4, -0.2) is 63.2 Å². The molecule has 1 heterocycles. The van der Waals surface area contributed by atoms with Crippen molar-refractivity contribution in [3.8, 4) is 0 Å². The second-order valence-electron chi connectivity index (χ2n) is 22.2. The van der Waals surface area contributed by atoms with Gasteiger partial charge >= 0.3 is 0 Å². The second kappa shape index (κ2) is 28.2. The molecule has 352 valence electrons. The number of likely N-dealkylation sites (tertiary alicyclic amines) is 1. The summed E-state index contributed by atoms with van der Waals surface area (Å²) in [4.78, 5) is 2.61. The summed E-state index contributed by atoms with van der Waals surface area (Å²) < 4.78 is 19.5. The van der Waals surface area contributed by atoms with E-state index in [4.69, 9.17) is 14.2 Å². The monoisotopic (exact) mass is 848 g/mol. The maximum absolute atomic E-state index is 6.65. The fourth-order valence-electron chi connectivity index (χ4n) is 13.6. The van der Waals surface area contributed by atoms with Gasteiger partial charge in [-0.2, -0.15) is 0 Å². The zero-order valence-electron chi connectivity index (χ0n) is 41.4. The van der Waals surface area contributed by atoms with Crippen molar-refractivity contribution in [2.75, 3.05) is 46.1 Å². The summed E-state index contributed by atoms with van der Waals surface area (Å²) in [7, 11) is 0. The van der Waals surface area contributed by atoms with E-state index < -0.39 is 0 Å². The first-order valence-corrected chi connectivity index (χ1v) is 27.3. The first kappa shape index (κ1) is 51.1. The van der Waals surface area contributed by atoms with Crippen molar-refractivity contribution in [3.63, 3.8) is 0 Å². The van der Waals surface area contributed by atoms with Gasteiger partial charge in [-0.1, -0.05) is 155 Å². The normalized spacial score (nSPS) is 30.5. The molecular weight excluding hydrogens is 747 g/mol. The molecule has 4 nitrogen and oxygen atoms in total. The standard InChI is InChI=1S/C57H101NO3/c1-7-8-9-10-11-12-13-14-15-16-17-18-19-20-21-22-23-27-41-59-46-51(45-58-39-25-24-26-40-58)61-43-42-60-50-35-37-56(5)49(44-50)31-32-52-54-34-33-53(48(4)30-28-29-47(2)3)57(54,6)38-36-55(52)56/h11-12,14-15,31,47-48,50-55H,7-10,13,16-30,32-46H2,1-6H3/b12-11-,15-14-/t48-,50+,51?,52+,53-,54+,55+,56+,57-/m1/s1. The minimum absolute atomic E-state index is 0.145. The van der Waals surface area contributed by atoms with Gasteiger partial charge in [0, 0.05) is 13.2 Å². The van der Waals surface area contributed by atoms with Crippen LogP contribution >= 0.6 is 0 Å². The molecule has 3 saturated carbocycles.